The van der Waals surface area contributed by atoms with Crippen molar-refractivity contribution in [2.75, 3.05) is 0 Å². The molecule has 2 heterocycles. The van der Waals surface area contributed by atoms with Gasteiger partial charge >= 0.3 is 0 Å². The summed E-state index contributed by atoms with van der Waals surface area (Å²) in [6.45, 7) is 0. The molecule has 4 aromatic rings. The van der Waals surface area contributed by atoms with Crippen LogP contribution in [0.15, 0.2) is 48.8 Å². The molecule has 0 N–H and O–H groups in total. The van der Waals surface area contributed by atoms with Crippen molar-refractivity contribution in [3.8, 4) is 17.1 Å². The molecule has 0 fully saturated rings. The minimum Gasteiger partial charge on any atom is -0.300 e. The van der Waals surface area contributed by atoms with Gasteiger partial charge in [-0.1, -0.05) is 11.3 Å². The first kappa shape index (κ1) is 13.6. The van der Waals surface area contributed by atoms with Crippen LogP contribution in [-0.2, 0) is 7.05 Å². The number of benzene rings is 2. The molecule has 7 heteroatoms. The summed E-state index contributed by atoms with van der Waals surface area (Å²) in [5.74, 6) is -1.11. The molecule has 2 aromatic heterocycles. The summed E-state index contributed by atoms with van der Waals surface area (Å²) in [6, 6.07) is 9.23. The van der Waals surface area contributed by atoms with Gasteiger partial charge in [0, 0.05) is 25.1 Å². The number of aromatic nitrogens is 5. The summed E-state index contributed by atoms with van der Waals surface area (Å²) in [7, 11) is 1.80. The van der Waals surface area contributed by atoms with Gasteiger partial charge < -0.3 is 0 Å². The van der Waals surface area contributed by atoms with Crippen molar-refractivity contribution in [1.29, 1.82) is 0 Å². The highest BCUT2D eigenvalue weighted by atomic mass is 19.1. The molecule has 0 aliphatic carbocycles. The van der Waals surface area contributed by atoms with E-state index < -0.39 is 11.6 Å². The molecule has 2 aromatic carbocycles. The Kier molecular flexibility index (Phi) is 2.94. The van der Waals surface area contributed by atoms with Crippen molar-refractivity contribution in [1.82, 2.24) is 24.5 Å². The van der Waals surface area contributed by atoms with E-state index in [2.05, 4.69) is 15.3 Å². The fourth-order valence-electron chi connectivity index (χ4n) is 2.59. The summed E-state index contributed by atoms with van der Waals surface area (Å²) in [5, 5.41) is 8.01. The normalized spacial score (nSPS) is 11.3. The zero-order valence-electron chi connectivity index (χ0n) is 12.1. The van der Waals surface area contributed by atoms with E-state index in [1.165, 1.54) is 24.4 Å². The molecule has 0 bridgehead atoms. The van der Waals surface area contributed by atoms with Crippen molar-refractivity contribution < 1.29 is 8.78 Å². The van der Waals surface area contributed by atoms with Crippen molar-refractivity contribution >= 4 is 11.0 Å². The maximum Gasteiger partial charge on any atom is 0.150 e. The smallest absolute Gasteiger partial charge is 0.150 e. The van der Waals surface area contributed by atoms with E-state index >= 15 is 0 Å². The first-order chi connectivity index (χ1) is 11.1. The van der Waals surface area contributed by atoms with Crippen LogP contribution >= 0.6 is 0 Å². The van der Waals surface area contributed by atoms with Crippen LogP contribution in [-0.4, -0.2) is 24.5 Å². The molecular formula is C16H11F2N5. The number of aryl methyl sites for hydroxylation is 1. The lowest BCUT2D eigenvalue weighted by atomic mass is 10.1. The van der Waals surface area contributed by atoms with Crippen LogP contribution in [0.5, 0.6) is 0 Å². The van der Waals surface area contributed by atoms with Gasteiger partial charge in [-0.05, 0) is 30.3 Å². The van der Waals surface area contributed by atoms with Gasteiger partial charge in [-0.2, -0.15) is 0 Å². The second kappa shape index (κ2) is 4.98. The van der Waals surface area contributed by atoms with Crippen LogP contribution < -0.4 is 0 Å². The molecule has 0 unspecified atom stereocenters. The predicted octanol–water partition coefficient (Wildman–Crippen LogP) is 3.10. The standard InChI is InChI=1S/C16H11F2N5/c1-22-14-6-5-10(9-13(14)20-21-22)23-8-7-19-16(23)15-11(17)3-2-4-12(15)18/h2-9H,1H3. The molecule has 0 amide bonds. The third-order valence-electron chi connectivity index (χ3n) is 3.70. The average molecular weight is 311 g/mol. The third kappa shape index (κ3) is 2.09. The van der Waals surface area contributed by atoms with E-state index in [4.69, 9.17) is 0 Å². The first-order valence-corrected chi connectivity index (χ1v) is 6.92. The van der Waals surface area contributed by atoms with Crippen molar-refractivity contribution in [2.24, 2.45) is 7.05 Å². The zero-order valence-corrected chi connectivity index (χ0v) is 12.1. The van der Waals surface area contributed by atoms with E-state index in [0.29, 0.717) is 11.2 Å². The highest BCUT2D eigenvalue weighted by molar-refractivity contribution is 5.77. The lowest BCUT2D eigenvalue weighted by molar-refractivity contribution is 0.587. The molecule has 0 aliphatic rings. The van der Waals surface area contributed by atoms with Crippen LogP contribution in [0.2, 0.25) is 0 Å². The van der Waals surface area contributed by atoms with E-state index in [9.17, 15) is 8.78 Å². The quantitative estimate of drug-likeness (QED) is 0.571. The Morgan fingerprint density at radius 1 is 1.04 bits per heavy atom. The largest absolute Gasteiger partial charge is 0.300 e. The highest BCUT2D eigenvalue weighted by Crippen LogP contribution is 2.27. The Hall–Kier alpha value is -3.09. The molecule has 0 spiro atoms. The molecule has 4 rings (SSSR count). The molecule has 114 valence electrons. The molecule has 0 saturated carbocycles. The first-order valence-electron chi connectivity index (χ1n) is 6.92. The lowest BCUT2D eigenvalue weighted by Gasteiger charge is -2.09. The van der Waals surface area contributed by atoms with Gasteiger partial charge in [-0.3, -0.25) is 4.57 Å². The predicted molar refractivity (Wildman–Crippen MR) is 81.0 cm³/mol. The Bertz CT molecular complexity index is 998. The molecule has 0 radical (unpaired) electrons. The summed E-state index contributed by atoms with van der Waals surface area (Å²) in [4.78, 5) is 4.11. The molecule has 23 heavy (non-hydrogen) atoms. The summed E-state index contributed by atoms with van der Waals surface area (Å²) in [6.07, 6.45) is 3.15. The average Bonchev–Trinajstić information content (AvgIpc) is 3.14. The summed E-state index contributed by atoms with van der Waals surface area (Å²) < 4.78 is 31.4. The number of nitrogens with zero attached hydrogens (tertiary/aromatic N) is 5. The van der Waals surface area contributed by atoms with Crippen LogP contribution in [0.3, 0.4) is 0 Å². The molecule has 0 aliphatic heterocycles. The van der Waals surface area contributed by atoms with E-state index in [0.717, 1.165) is 5.52 Å². The third-order valence-corrected chi connectivity index (χ3v) is 3.70. The molecule has 0 atom stereocenters. The number of hydrogen-bond donors (Lipinski definition) is 0. The zero-order chi connectivity index (χ0) is 16.0. The van der Waals surface area contributed by atoms with Crippen molar-refractivity contribution in [3.63, 3.8) is 0 Å². The number of imidazole rings is 1. The highest BCUT2D eigenvalue weighted by Gasteiger charge is 2.17. The Labute approximate surface area is 129 Å². The van der Waals surface area contributed by atoms with E-state index in [-0.39, 0.29) is 11.4 Å². The second-order valence-corrected chi connectivity index (χ2v) is 5.10. The Balaban J connectivity index is 1.92. The van der Waals surface area contributed by atoms with Gasteiger partial charge in [0.05, 0.1) is 11.1 Å². The number of rotatable bonds is 2. The van der Waals surface area contributed by atoms with Crippen LogP contribution in [0.25, 0.3) is 28.1 Å². The number of halogens is 2. The summed E-state index contributed by atoms with van der Waals surface area (Å²) >= 11 is 0. The Morgan fingerprint density at radius 3 is 2.61 bits per heavy atom. The number of hydrogen-bond acceptors (Lipinski definition) is 3. The van der Waals surface area contributed by atoms with Crippen LogP contribution in [0, 0.1) is 11.6 Å². The minimum atomic E-state index is -0.655. The van der Waals surface area contributed by atoms with E-state index in [1.54, 1.807) is 28.6 Å². The SMILES string of the molecule is Cn1nnc2cc(-n3ccnc3-c3c(F)cccc3F)ccc21. The fraction of sp³-hybridized carbons (Fsp3) is 0.0625. The van der Waals surface area contributed by atoms with Crippen molar-refractivity contribution in [2.45, 2.75) is 0 Å². The summed E-state index contributed by atoms with van der Waals surface area (Å²) in [5.41, 5.74) is 2.11. The van der Waals surface area contributed by atoms with E-state index in [1.807, 2.05) is 12.1 Å². The minimum absolute atomic E-state index is 0.156. The second-order valence-electron chi connectivity index (χ2n) is 5.10. The molecule has 5 nitrogen and oxygen atoms in total. The van der Waals surface area contributed by atoms with Crippen LogP contribution in [0.4, 0.5) is 8.78 Å². The monoisotopic (exact) mass is 311 g/mol. The topological polar surface area (TPSA) is 48.5 Å². The lowest BCUT2D eigenvalue weighted by Crippen LogP contribution is -2.00. The van der Waals surface area contributed by atoms with Gasteiger partial charge in [0.2, 0.25) is 0 Å². The van der Waals surface area contributed by atoms with Crippen molar-refractivity contribution in [3.05, 3.63) is 60.4 Å². The Morgan fingerprint density at radius 2 is 1.83 bits per heavy atom. The van der Waals surface area contributed by atoms with Gasteiger partial charge in [-0.15, -0.1) is 5.10 Å². The van der Waals surface area contributed by atoms with Gasteiger partial charge in [-0.25, -0.2) is 18.4 Å². The van der Waals surface area contributed by atoms with Gasteiger partial charge in [0.25, 0.3) is 0 Å². The van der Waals surface area contributed by atoms with Crippen LogP contribution in [0.1, 0.15) is 0 Å². The van der Waals surface area contributed by atoms with Gasteiger partial charge in [0.15, 0.2) is 0 Å². The van der Waals surface area contributed by atoms with Gasteiger partial charge in [0.1, 0.15) is 23.0 Å². The maximum absolute atomic E-state index is 14.0. The molecular weight excluding hydrogens is 300 g/mol. The maximum atomic E-state index is 14.0. The molecule has 0 saturated heterocycles. The number of fused-ring (bicyclic) bond motifs is 1. The fourth-order valence-corrected chi connectivity index (χ4v) is 2.59.